The normalized spacial score (nSPS) is 14.4. The van der Waals surface area contributed by atoms with Crippen LogP contribution in [0.25, 0.3) is 0 Å². The molecule has 0 radical (unpaired) electrons. The molecule has 0 saturated heterocycles. The molecule has 0 fully saturated rings. The van der Waals surface area contributed by atoms with Gasteiger partial charge in [0.1, 0.15) is 18.1 Å². The van der Waals surface area contributed by atoms with E-state index in [9.17, 15) is 29.1 Å². The van der Waals surface area contributed by atoms with Gasteiger partial charge in [-0.05, 0) is 17.9 Å². The van der Waals surface area contributed by atoms with Crippen LogP contribution >= 0.6 is 0 Å². The van der Waals surface area contributed by atoms with Gasteiger partial charge in [-0.1, -0.05) is 44.2 Å². The number of hydrogen-bond donors (Lipinski definition) is 7. The number of benzene rings is 1. The first-order valence-corrected chi connectivity index (χ1v) is 10.7. The molecule has 0 spiro atoms. The molecule has 188 valence electrons. The Morgan fingerprint density at radius 2 is 1.38 bits per heavy atom. The summed E-state index contributed by atoms with van der Waals surface area (Å²) in [5.41, 5.74) is 6.29. The molecule has 8 N–H and O–H groups in total. The molecule has 0 aliphatic rings. The van der Waals surface area contributed by atoms with Crippen molar-refractivity contribution in [2.45, 2.75) is 57.3 Å². The summed E-state index contributed by atoms with van der Waals surface area (Å²) in [6, 6.07) is 3.40. The van der Waals surface area contributed by atoms with E-state index in [4.69, 9.17) is 15.9 Å². The number of hydrogen-bond acceptors (Lipinski definition) is 7. The van der Waals surface area contributed by atoms with Crippen LogP contribution < -0.4 is 21.7 Å². The van der Waals surface area contributed by atoms with E-state index in [2.05, 4.69) is 16.0 Å². The number of carbonyl (C=O) groups excluding carboxylic acids is 3. The van der Waals surface area contributed by atoms with Crippen molar-refractivity contribution in [3.05, 3.63) is 35.9 Å². The Balaban J connectivity index is 3.08. The second-order valence-electron chi connectivity index (χ2n) is 8.23. The van der Waals surface area contributed by atoms with Crippen molar-refractivity contribution >= 4 is 29.7 Å². The fourth-order valence-electron chi connectivity index (χ4n) is 3.05. The fourth-order valence-corrected chi connectivity index (χ4v) is 3.05. The lowest BCUT2D eigenvalue weighted by Crippen LogP contribution is -2.58. The quantitative estimate of drug-likeness (QED) is 0.167. The van der Waals surface area contributed by atoms with E-state index in [1.165, 1.54) is 0 Å². The number of nitrogens with one attached hydrogen (secondary N) is 3. The van der Waals surface area contributed by atoms with Crippen molar-refractivity contribution in [2.24, 2.45) is 11.7 Å². The number of rotatable bonds is 14. The molecule has 0 saturated carbocycles. The standard InChI is InChI=1S/C22H32N4O8/c1-12(2)8-15(20(31)26-17(11-27)22(33)34)25-21(32)16(9-13-6-4-3-5-7-13)24-19(30)14(23)10-18(28)29/h3-7,12,14-17,27H,8-11,23H2,1-2H3,(H,24,30)(H,25,32)(H,26,31)(H,28,29)(H,33,34). The SMILES string of the molecule is CC(C)CC(NC(=O)C(Cc1ccccc1)NC(=O)C(N)CC(=O)O)C(=O)NC(CO)C(=O)O. The van der Waals surface area contributed by atoms with Gasteiger partial charge in [-0.3, -0.25) is 19.2 Å². The molecule has 0 aromatic heterocycles. The molecule has 4 atom stereocenters. The molecule has 0 aliphatic heterocycles. The summed E-state index contributed by atoms with van der Waals surface area (Å²) in [5.74, 6) is -5.19. The summed E-state index contributed by atoms with van der Waals surface area (Å²) < 4.78 is 0. The summed E-state index contributed by atoms with van der Waals surface area (Å²) in [4.78, 5) is 60.1. The molecule has 12 nitrogen and oxygen atoms in total. The molecule has 34 heavy (non-hydrogen) atoms. The third-order valence-corrected chi connectivity index (χ3v) is 4.78. The van der Waals surface area contributed by atoms with Gasteiger partial charge in [-0.25, -0.2) is 4.79 Å². The van der Waals surface area contributed by atoms with Crippen LogP contribution in [0.5, 0.6) is 0 Å². The first-order valence-electron chi connectivity index (χ1n) is 10.7. The van der Waals surface area contributed by atoms with Gasteiger partial charge in [-0.15, -0.1) is 0 Å². The molecular weight excluding hydrogens is 448 g/mol. The summed E-state index contributed by atoms with van der Waals surface area (Å²) >= 11 is 0. The van der Waals surface area contributed by atoms with E-state index >= 15 is 0 Å². The average Bonchev–Trinajstić information content (AvgIpc) is 2.75. The van der Waals surface area contributed by atoms with Gasteiger partial charge in [-0.2, -0.15) is 0 Å². The second-order valence-corrected chi connectivity index (χ2v) is 8.23. The molecule has 0 heterocycles. The number of nitrogens with two attached hydrogens (primary N) is 1. The van der Waals surface area contributed by atoms with Crippen molar-refractivity contribution in [1.82, 2.24) is 16.0 Å². The minimum atomic E-state index is -1.55. The van der Waals surface area contributed by atoms with Gasteiger partial charge in [0.25, 0.3) is 0 Å². The predicted octanol–water partition coefficient (Wildman–Crippen LogP) is -1.39. The summed E-state index contributed by atoms with van der Waals surface area (Å²) in [5, 5.41) is 34.2. The highest BCUT2D eigenvalue weighted by Crippen LogP contribution is 2.09. The number of aliphatic carboxylic acids is 2. The van der Waals surface area contributed by atoms with Crippen molar-refractivity contribution < 1.29 is 39.3 Å². The maximum atomic E-state index is 13.1. The molecule has 4 unspecified atom stereocenters. The van der Waals surface area contributed by atoms with Crippen LogP contribution in [0.15, 0.2) is 30.3 Å². The van der Waals surface area contributed by atoms with Crippen LogP contribution in [-0.2, 0) is 30.4 Å². The number of amides is 3. The monoisotopic (exact) mass is 480 g/mol. The zero-order valence-corrected chi connectivity index (χ0v) is 19.1. The van der Waals surface area contributed by atoms with Crippen LogP contribution in [-0.4, -0.2) is 75.8 Å². The lowest BCUT2D eigenvalue weighted by Gasteiger charge is -2.26. The lowest BCUT2D eigenvalue weighted by atomic mass is 10.0. The number of carboxylic acid groups (broad SMARTS) is 2. The molecule has 12 heteroatoms. The predicted molar refractivity (Wildman–Crippen MR) is 120 cm³/mol. The Hall–Kier alpha value is -3.51. The zero-order valence-electron chi connectivity index (χ0n) is 19.1. The van der Waals surface area contributed by atoms with Crippen LogP contribution in [0.2, 0.25) is 0 Å². The Morgan fingerprint density at radius 3 is 1.88 bits per heavy atom. The van der Waals surface area contributed by atoms with E-state index in [1.54, 1.807) is 44.2 Å². The van der Waals surface area contributed by atoms with E-state index in [0.717, 1.165) is 0 Å². The summed E-state index contributed by atoms with van der Waals surface area (Å²) in [7, 11) is 0. The third-order valence-electron chi connectivity index (χ3n) is 4.78. The second kappa shape index (κ2) is 13.9. The molecule has 0 aliphatic carbocycles. The Kier molecular flexibility index (Phi) is 11.7. The Bertz CT molecular complexity index is 862. The fraction of sp³-hybridized carbons (Fsp3) is 0.500. The van der Waals surface area contributed by atoms with E-state index in [-0.39, 0.29) is 18.8 Å². The molecular formula is C22H32N4O8. The van der Waals surface area contributed by atoms with Crippen molar-refractivity contribution in [1.29, 1.82) is 0 Å². The lowest BCUT2D eigenvalue weighted by molar-refractivity contribution is -0.143. The number of carbonyl (C=O) groups is 5. The minimum absolute atomic E-state index is 0.0304. The van der Waals surface area contributed by atoms with Gasteiger partial charge in [0.15, 0.2) is 0 Å². The molecule has 1 aromatic rings. The first-order chi connectivity index (χ1) is 15.9. The molecule has 1 aromatic carbocycles. The topological polar surface area (TPSA) is 208 Å². The Labute approximate surface area is 196 Å². The smallest absolute Gasteiger partial charge is 0.328 e. The highest BCUT2D eigenvalue weighted by atomic mass is 16.4. The molecule has 3 amide bonds. The highest BCUT2D eigenvalue weighted by molar-refractivity contribution is 5.94. The van der Waals surface area contributed by atoms with Crippen LogP contribution in [0.3, 0.4) is 0 Å². The maximum Gasteiger partial charge on any atom is 0.328 e. The minimum Gasteiger partial charge on any atom is -0.481 e. The van der Waals surface area contributed by atoms with Gasteiger partial charge in [0.05, 0.1) is 19.1 Å². The number of carboxylic acids is 2. The van der Waals surface area contributed by atoms with Crippen molar-refractivity contribution in [3.8, 4) is 0 Å². The zero-order chi connectivity index (χ0) is 25.8. The van der Waals surface area contributed by atoms with Crippen molar-refractivity contribution in [2.75, 3.05) is 6.61 Å². The number of aliphatic hydroxyl groups excluding tert-OH is 1. The average molecular weight is 481 g/mol. The highest BCUT2D eigenvalue weighted by Gasteiger charge is 2.31. The van der Waals surface area contributed by atoms with E-state index < -0.39 is 66.9 Å². The van der Waals surface area contributed by atoms with Gasteiger partial charge in [0.2, 0.25) is 17.7 Å². The van der Waals surface area contributed by atoms with Crippen LogP contribution in [0, 0.1) is 5.92 Å². The summed E-state index contributed by atoms with van der Waals surface area (Å²) in [6.07, 6.45) is -0.454. The van der Waals surface area contributed by atoms with Gasteiger partial charge >= 0.3 is 11.9 Å². The largest absolute Gasteiger partial charge is 0.481 e. The third kappa shape index (κ3) is 9.96. The van der Waals surface area contributed by atoms with Crippen LogP contribution in [0.1, 0.15) is 32.3 Å². The molecule has 0 bridgehead atoms. The van der Waals surface area contributed by atoms with E-state index in [1.807, 2.05) is 0 Å². The number of aliphatic hydroxyl groups is 1. The van der Waals surface area contributed by atoms with Crippen LogP contribution in [0.4, 0.5) is 0 Å². The van der Waals surface area contributed by atoms with Crippen molar-refractivity contribution in [3.63, 3.8) is 0 Å². The maximum absolute atomic E-state index is 13.1. The van der Waals surface area contributed by atoms with Gasteiger partial charge < -0.3 is 37.0 Å². The molecule has 1 rings (SSSR count). The summed E-state index contributed by atoms with van der Waals surface area (Å²) in [6.45, 7) is 2.75. The van der Waals surface area contributed by atoms with E-state index in [0.29, 0.717) is 5.56 Å². The first kappa shape index (κ1) is 28.5. The van der Waals surface area contributed by atoms with Gasteiger partial charge in [0, 0.05) is 6.42 Å². The Morgan fingerprint density at radius 1 is 0.853 bits per heavy atom.